The van der Waals surface area contributed by atoms with Crippen LogP contribution in [0.2, 0.25) is 5.02 Å². The van der Waals surface area contributed by atoms with Gasteiger partial charge >= 0.3 is 0 Å². The second-order valence-electron chi connectivity index (χ2n) is 7.76. The molecule has 0 atom stereocenters. The summed E-state index contributed by atoms with van der Waals surface area (Å²) < 4.78 is 16.9. The standard InChI is InChI=1S/C26H22ClNO5/c1-15-9-16(2)11-19(10-15)33-24-13-32-23-12-18(7-8-20(23)26(24)30)31-14-25(29)28-22-6-4-5-21(27)17(22)3/h4-13H,14H2,1-3H3,(H,28,29). The molecule has 1 N–H and O–H groups in total. The van der Waals surface area contributed by atoms with Crippen LogP contribution in [0.25, 0.3) is 11.0 Å². The predicted octanol–water partition coefficient (Wildman–Crippen LogP) is 6.18. The van der Waals surface area contributed by atoms with E-state index in [2.05, 4.69) is 5.32 Å². The molecule has 33 heavy (non-hydrogen) atoms. The lowest BCUT2D eigenvalue weighted by molar-refractivity contribution is -0.118. The quantitative estimate of drug-likeness (QED) is 0.369. The number of halogens is 1. The van der Waals surface area contributed by atoms with Crippen molar-refractivity contribution in [2.75, 3.05) is 11.9 Å². The van der Waals surface area contributed by atoms with Crippen molar-refractivity contribution >= 4 is 34.2 Å². The number of nitrogens with one attached hydrogen (secondary N) is 1. The predicted molar refractivity (Wildman–Crippen MR) is 129 cm³/mol. The Bertz CT molecular complexity index is 1390. The number of ether oxygens (including phenoxy) is 2. The lowest BCUT2D eigenvalue weighted by Crippen LogP contribution is -2.20. The zero-order valence-corrected chi connectivity index (χ0v) is 19.2. The average molecular weight is 464 g/mol. The molecule has 1 heterocycles. The Labute approximate surface area is 195 Å². The van der Waals surface area contributed by atoms with Gasteiger partial charge in [0.05, 0.1) is 5.39 Å². The molecule has 3 aromatic carbocycles. The van der Waals surface area contributed by atoms with Crippen LogP contribution in [-0.4, -0.2) is 12.5 Å². The maximum Gasteiger partial charge on any atom is 0.262 e. The van der Waals surface area contributed by atoms with Gasteiger partial charge in [-0.2, -0.15) is 0 Å². The van der Waals surface area contributed by atoms with E-state index in [0.717, 1.165) is 16.7 Å². The van der Waals surface area contributed by atoms with Crippen molar-refractivity contribution in [3.05, 3.63) is 92.8 Å². The smallest absolute Gasteiger partial charge is 0.262 e. The van der Waals surface area contributed by atoms with Crippen molar-refractivity contribution in [3.63, 3.8) is 0 Å². The normalized spacial score (nSPS) is 10.8. The molecule has 0 aliphatic rings. The molecule has 1 amide bonds. The molecule has 6 nitrogen and oxygen atoms in total. The molecule has 0 bridgehead atoms. The molecule has 0 radical (unpaired) electrons. The van der Waals surface area contributed by atoms with Crippen molar-refractivity contribution in [2.45, 2.75) is 20.8 Å². The number of benzene rings is 3. The van der Waals surface area contributed by atoms with Crippen molar-refractivity contribution in [2.24, 2.45) is 0 Å². The first-order valence-corrected chi connectivity index (χ1v) is 10.7. The van der Waals surface area contributed by atoms with Crippen molar-refractivity contribution in [3.8, 4) is 17.2 Å². The summed E-state index contributed by atoms with van der Waals surface area (Å²) in [5.74, 6) is 0.725. The topological polar surface area (TPSA) is 77.8 Å². The Morgan fingerprint density at radius 3 is 2.52 bits per heavy atom. The minimum atomic E-state index is -0.334. The fourth-order valence-corrected chi connectivity index (χ4v) is 3.62. The van der Waals surface area contributed by atoms with Crippen LogP contribution in [0.3, 0.4) is 0 Å². The molecule has 4 aromatic rings. The molecule has 0 aliphatic carbocycles. The summed E-state index contributed by atoms with van der Waals surface area (Å²) in [5, 5.41) is 3.69. The van der Waals surface area contributed by atoms with Gasteiger partial charge in [0.25, 0.3) is 5.91 Å². The van der Waals surface area contributed by atoms with Crippen LogP contribution in [0.1, 0.15) is 16.7 Å². The van der Waals surface area contributed by atoms with E-state index in [1.165, 1.54) is 6.26 Å². The number of amides is 1. The molecule has 168 valence electrons. The van der Waals surface area contributed by atoms with Crippen molar-refractivity contribution < 1.29 is 18.7 Å². The van der Waals surface area contributed by atoms with E-state index in [4.69, 9.17) is 25.5 Å². The number of aryl methyl sites for hydroxylation is 2. The summed E-state index contributed by atoms with van der Waals surface area (Å²) in [6, 6.07) is 15.8. The number of carbonyl (C=O) groups is 1. The van der Waals surface area contributed by atoms with E-state index < -0.39 is 0 Å². The van der Waals surface area contributed by atoms with Gasteiger partial charge in [0, 0.05) is 16.8 Å². The third-order valence-electron chi connectivity index (χ3n) is 5.05. The first-order chi connectivity index (χ1) is 15.8. The van der Waals surface area contributed by atoms with Gasteiger partial charge in [0.15, 0.2) is 6.61 Å². The molecule has 0 aliphatic heterocycles. The van der Waals surface area contributed by atoms with Gasteiger partial charge in [0.2, 0.25) is 11.2 Å². The van der Waals surface area contributed by atoms with E-state index in [-0.39, 0.29) is 23.7 Å². The van der Waals surface area contributed by atoms with Gasteiger partial charge in [-0.25, -0.2) is 0 Å². The van der Waals surface area contributed by atoms with Gasteiger partial charge in [0.1, 0.15) is 23.3 Å². The second kappa shape index (κ2) is 9.38. The van der Waals surface area contributed by atoms with Crippen molar-refractivity contribution in [1.82, 2.24) is 0 Å². The molecule has 1 aromatic heterocycles. The van der Waals surface area contributed by atoms with Crippen LogP contribution in [0.15, 0.2) is 70.1 Å². The fourth-order valence-electron chi connectivity index (χ4n) is 3.45. The van der Waals surface area contributed by atoms with Gasteiger partial charge in [-0.1, -0.05) is 23.7 Å². The van der Waals surface area contributed by atoms with Gasteiger partial charge in [-0.05, 0) is 73.9 Å². The summed E-state index contributed by atoms with van der Waals surface area (Å²) in [7, 11) is 0. The van der Waals surface area contributed by atoms with Crippen LogP contribution >= 0.6 is 11.6 Å². The lowest BCUT2D eigenvalue weighted by Gasteiger charge is -2.11. The second-order valence-corrected chi connectivity index (χ2v) is 8.17. The van der Waals surface area contributed by atoms with E-state index >= 15 is 0 Å². The van der Waals surface area contributed by atoms with E-state index in [1.807, 2.05) is 39.0 Å². The van der Waals surface area contributed by atoms with E-state index in [1.54, 1.807) is 36.4 Å². The Kier molecular flexibility index (Phi) is 6.38. The lowest BCUT2D eigenvalue weighted by atomic mass is 10.1. The Morgan fingerprint density at radius 2 is 1.76 bits per heavy atom. The number of carbonyl (C=O) groups excluding carboxylic acids is 1. The molecular formula is C26H22ClNO5. The SMILES string of the molecule is Cc1cc(C)cc(Oc2coc3cc(OCC(=O)Nc4cccc(Cl)c4C)ccc3c2=O)c1. The molecule has 4 rings (SSSR count). The Hall–Kier alpha value is -3.77. The Morgan fingerprint density at radius 1 is 1.00 bits per heavy atom. The largest absolute Gasteiger partial charge is 0.484 e. The highest BCUT2D eigenvalue weighted by Crippen LogP contribution is 2.26. The van der Waals surface area contributed by atoms with Crippen LogP contribution in [0.4, 0.5) is 5.69 Å². The van der Waals surface area contributed by atoms with E-state index in [9.17, 15) is 9.59 Å². The van der Waals surface area contributed by atoms with Crippen molar-refractivity contribution in [1.29, 1.82) is 0 Å². The van der Waals surface area contributed by atoms with Gasteiger partial charge in [-0.15, -0.1) is 0 Å². The zero-order valence-electron chi connectivity index (χ0n) is 18.4. The monoisotopic (exact) mass is 463 g/mol. The number of anilines is 1. The van der Waals surface area contributed by atoms with Crippen LogP contribution < -0.4 is 20.2 Å². The van der Waals surface area contributed by atoms with Gasteiger partial charge < -0.3 is 19.2 Å². The summed E-state index contributed by atoms with van der Waals surface area (Å²) in [4.78, 5) is 25.1. The van der Waals surface area contributed by atoms with Crippen LogP contribution in [0.5, 0.6) is 17.2 Å². The summed E-state index contributed by atoms with van der Waals surface area (Å²) in [5.41, 5.74) is 3.50. The average Bonchev–Trinajstić information content (AvgIpc) is 2.77. The summed E-state index contributed by atoms with van der Waals surface area (Å²) in [6.45, 7) is 5.53. The highest BCUT2D eigenvalue weighted by Gasteiger charge is 2.12. The number of hydrogen-bond acceptors (Lipinski definition) is 5. The van der Waals surface area contributed by atoms with Crippen LogP contribution in [0, 0.1) is 20.8 Å². The highest BCUT2D eigenvalue weighted by molar-refractivity contribution is 6.31. The molecule has 0 saturated carbocycles. The third-order valence-corrected chi connectivity index (χ3v) is 5.46. The number of rotatable bonds is 6. The van der Waals surface area contributed by atoms with Gasteiger partial charge in [-0.3, -0.25) is 9.59 Å². The fraction of sp³-hybridized carbons (Fsp3) is 0.154. The molecule has 0 fully saturated rings. The third kappa shape index (κ3) is 5.18. The molecular weight excluding hydrogens is 442 g/mol. The molecule has 0 unspecified atom stereocenters. The minimum Gasteiger partial charge on any atom is -0.484 e. The molecule has 0 saturated heterocycles. The molecule has 0 spiro atoms. The maximum absolute atomic E-state index is 12.8. The number of fused-ring (bicyclic) bond motifs is 1. The maximum atomic E-state index is 12.8. The first kappa shape index (κ1) is 22.4. The number of hydrogen-bond donors (Lipinski definition) is 1. The summed E-state index contributed by atoms with van der Waals surface area (Å²) in [6.07, 6.45) is 1.28. The first-order valence-electron chi connectivity index (χ1n) is 10.3. The zero-order chi connectivity index (χ0) is 23.5. The minimum absolute atomic E-state index is 0.0948. The molecule has 7 heteroatoms. The summed E-state index contributed by atoms with van der Waals surface area (Å²) >= 11 is 6.08. The van der Waals surface area contributed by atoms with Crippen LogP contribution in [-0.2, 0) is 4.79 Å². The Balaban J connectivity index is 1.47. The van der Waals surface area contributed by atoms with E-state index in [0.29, 0.717) is 33.2 Å². The highest BCUT2D eigenvalue weighted by atomic mass is 35.5.